The lowest BCUT2D eigenvalue weighted by molar-refractivity contribution is 0.0743. The monoisotopic (exact) mass is 274 g/mol. The van der Waals surface area contributed by atoms with Crippen LogP contribution in [0.2, 0.25) is 10.2 Å². The maximum atomic E-state index is 12.1. The molecular weight excluding hydrogens is 263 g/mol. The zero-order valence-electron chi connectivity index (χ0n) is 9.07. The Morgan fingerprint density at radius 3 is 2.88 bits per heavy atom. The van der Waals surface area contributed by atoms with Crippen molar-refractivity contribution in [1.29, 1.82) is 0 Å². The van der Waals surface area contributed by atoms with Gasteiger partial charge in [0.05, 0.1) is 17.2 Å². The average Bonchev–Trinajstić information content (AvgIpc) is 2.31. The Bertz CT molecular complexity index is 424. The van der Waals surface area contributed by atoms with Crippen LogP contribution in [0.15, 0.2) is 24.9 Å². The van der Waals surface area contributed by atoms with Crippen molar-refractivity contribution in [3.05, 3.63) is 40.7 Å². The van der Waals surface area contributed by atoms with Gasteiger partial charge >= 0.3 is 0 Å². The predicted octanol–water partition coefficient (Wildman–Crippen LogP) is 2.01. The van der Waals surface area contributed by atoms with Gasteiger partial charge in [-0.05, 0) is 6.07 Å². The van der Waals surface area contributed by atoms with Crippen molar-refractivity contribution >= 4 is 29.1 Å². The normalized spacial score (nSPS) is 10.1. The minimum Gasteiger partial charge on any atom is -0.395 e. The first-order chi connectivity index (χ1) is 8.10. The number of hydrogen-bond acceptors (Lipinski definition) is 3. The standard InChI is InChI=1S/C11H12Cl2N2O2/c1-2-3-15(4-5-16)11(17)8-6-10(13)14-7-9(8)12/h2,6-7,16H,1,3-5H2. The van der Waals surface area contributed by atoms with Gasteiger partial charge in [0.2, 0.25) is 0 Å². The van der Waals surface area contributed by atoms with Crippen LogP contribution in [-0.4, -0.2) is 40.6 Å². The van der Waals surface area contributed by atoms with Crippen molar-refractivity contribution in [3.63, 3.8) is 0 Å². The van der Waals surface area contributed by atoms with Crippen molar-refractivity contribution < 1.29 is 9.90 Å². The number of carbonyl (C=O) groups excluding carboxylic acids is 1. The molecule has 0 saturated carbocycles. The molecule has 0 atom stereocenters. The number of hydrogen-bond donors (Lipinski definition) is 1. The fraction of sp³-hybridized carbons (Fsp3) is 0.273. The lowest BCUT2D eigenvalue weighted by atomic mass is 10.2. The Labute approximate surface area is 109 Å². The summed E-state index contributed by atoms with van der Waals surface area (Å²) >= 11 is 11.6. The molecular formula is C11H12Cl2N2O2. The molecule has 0 saturated heterocycles. The summed E-state index contributed by atoms with van der Waals surface area (Å²) in [6.07, 6.45) is 2.90. The Morgan fingerprint density at radius 2 is 2.29 bits per heavy atom. The molecule has 0 aliphatic carbocycles. The number of aromatic nitrogens is 1. The maximum absolute atomic E-state index is 12.1. The molecule has 0 fully saturated rings. The molecule has 92 valence electrons. The number of aliphatic hydroxyl groups is 1. The first kappa shape index (κ1) is 14.0. The third-order valence-electron chi connectivity index (χ3n) is 2.06. The third kappa shape index (κ3) is 3.70. The van der Waals surface area contributed by atoms with Gasteiger partial charge in [-0.1, -0.05) is 29.3 Å². The molecule has 4 nitrogen and oxygen atoms in total. The Morgan fingerprint density at radius 1 is 1.59 bits per heavy atom. The van der Waals surface area contributed by atoms with Crippen molar-refractivity contribution in [2.45, 2.75) is 0 Å². The van der Waals surface area contributed by atoms with Crippen LogP contribution < -0.4 is 0 Å². The van der Waals surface area contributed by atoms with Crippen LogP contribution in [0.1, 0.15) is 10.4 Å². The quantitative estimate of drug-likeness (QED) is 0.660. The van der Waals surface area contributed by atoms with E-state index in [0.29, 0.717) is 6.54 Å². The van der Waals surface area contributed by atoms with E-state index in [9.17, 15) is 4.79 Å². The highest BCUT2D eigenvalue weighted by molar-refractivity contribution is 6.35. The van der Waals surface area contributed by atoms with Crippen LogP contribution in [0.3, 0.4) is 0 Å². The van der Waals surface area contributed by atoms with Gasteiger partial charge in [-0.15, -0.1) is 6.58 Å². The predicted molar refractivity (Wildman–Crippen MR) is 67.4 cm³/mol. The summed E-state index contributed by atoms with van der Waals surface area (Å²) in [6.45, 7) is 3.96. The molecule has 1 heterocycles. The average molecular weight is 275 g/mol. The molecule has 0 aliphatic rings. The van der Waals surface area contributed by atoms with E-state index in [1.165, 1.54) is 17.2 Å². The zero-order valence-corrected chi connectivity index (χ0v) is 10.6. The molecule has 0 radical (unpaired) electrons. The summed E-state index contributed by atoms with van der Waals surface area (Å²) in [5, 5.41) is 9.31. The molecule has 1 rings (SSSR count). The molecule has 17 heavy (non-hydrogen) atoms. The van der Waals surface area contributed by atoms with Crippen molar-refractivity contribution in [1.82, 2.24) is 9.88 Å². The molecule has 0 bridgehead atoms. The molecule has 0 spiro atoms. The van der Waals surface area contributed by atoms with Gasteiger partial charge < -0.3 is 10.0 Å². The lowest BCUT2D eigenvalue weighted by Gasteiger charge is -2.20. The topological polar surface area (TPSA) is 53.4 Å². The van der Waals surface area contributed by atoms with Crippen molar-refractivity contribution in [3.8, 4) is 0 Å². The minimum atomic E-state index is -0.312. The highest BCUT2D eigenvalue weighted by Gasteiger charge is 2.17. The highest BCUT2D eigenvalue weighted by Crippen LogP contribution is 2.19. The van der Waals surface area contributed by atoms with Crippen molar-refractivity contribution in [2.75, 3.05) is 19.7 Å². The van der Waals surface area contributed by atoms with Crippen LogP contribution in [0, 0.1) is 0 Å². The molecule has 0 unspecified atom stereocenters. The first-order valence-corrected chi connectivity index (χ1v) is 5.67. The number of amides is 1. The fourth-order valence-corrected chi connectivity index (χ4v) is 1.64. The number of rotatable bonds is 5. The maximum Gasteiger partial charge on any atom is 0.255 e. The molecule has 1 aromatic heterocycles. The van der Waals surface area contributed by atoms with Gasteiger partial charge in [0.25, 0.3) is 5.91 Å². The summed E-state index contributed by atoms with van der Waals surface area (Å²) in [5.74, 6) is -0.312. The van der Waals surface area contributed by atoms with E-state index in [0.717, 1.165) is 0 Å². The number of halogens is 2. The van der Waals surface area contributed by atoms with Gasteiger partial charge in [-0.3, -0.25) is 4.79 Å². The van der Waals surface area contributed by atoms with Crippen LogP contribution in [0.25, 0.3) is 0 Å². The summed E-state index contributed by atoms with van der Waals surface area (Å²) in [4.78, 5) is 17.3. The van der Waals surface area contributed by atoms with E-state index in [4.69, 9.17) is 28.3 Å². The Kier molecular flexibility index (Phi) is 5.41. The lowest BCUT2D eigenvalue weighted by Crippen LogP contribution is -2.33. The van der Waals surface area contributed by atoms with E-state index in [2.05, 4.69) is 11.6 Å². The Balaban J connectivity index is 2.99. The van der Waals surface area contributed by atoms with Gasteiger partial charge in [0, 0.05) is 19.3 Å². The van der Waals surface area contributed by atoms with Gasteiger partial charge in [-0.25, -0.2) is 4.98 Å². The second-order valence-electron chi connectivity index (χ2n) is 3.25. The summed E-state index contributed by atoms with van der Waals surface area (Å²) in [6, 6.07) is 1.40. The van der Waals surface area contributed by atoms with E-state index in [1.807, 2.05) is 0 Å². The van der Waals surface area contributed by atoms with Gasteiger partial charge in [0.1, 0.15) is 5.15 Å². The number of aliphatic hydroxyl groups excluding tert-OH is 1. The van der Waals surface area contributed by atoms with Crippen LogP contribution >= 0.6 is 23.2 Å². The van der Waals surface area contributed by atoms with Crippen LogP contribution in [0.4, 0.5) is 0 Å². The van der Waals surface area contributed by atoms with Crippen molar-refractivity contribution in [2.24, 2.45) is 0 Å². The minimum absolute atomic E-state index is 0.129. The van der Waals surface area contributed by atoms with Crippen LogP contribution in [-0.2, 0) is 0 Å². The number of pyridine rings is 1. The van der Waals surface area contributed by atoms with Gasteiger partial charge in [-0.2, -0.15) is 0 Å². The van der Waals surface area contributed by atoms with Gasteiger partial charge in [0.15, 0.2) is 0 Å². The van der Waals surface area contributed by atoms with E-state index in [-0.39, 0.29) is 34.8 Å². The van der Waals surface area contributed by atoms with E-state index in [1.54, 1.807) is 6.08 Å². The molecule has 1 aromatic rings. The molecule has 0 aromatic carbocycles. The zero-order chi connectivity index (χ0) is 12.8. The largest absolute Gasteiger partial charge is 0.395 e. The smallest absolute Gasteiger partial charge is 0.255 e. The highest BCUT2D eigenvalue weighted by atomic mass is 35.5. The summed E-state index contributed by atoms with van der Waals surface area (Å²) in [5.41, 5.74) is 0.266. The van der Waals surface area contributed by atoms with E-state index >= 15 is 0 Å². The molecule has 6 heteroatoms. The summed E-state index contributed by atoms with van der Waals surface area (Å²) in [7, 11) is 0. The van der Waals surface area contributed by atoms with Crippen LogP contribution in [0.5, 0.6) is 0 Å². The second kappa shape index (κ2) is 6.59. The number of carbonyl (C=O) groups is 1. The third-order valence-corrected chi connectivity index (χ3v) is 2.57. The molecule has 0 aliphatic heterocycles. The molecule has 1 amide bonds. The van der Waals surface area contributed by atoms with E-state index < -0.39 is 0 Å². The SMILES string of the molecule is C=CCN(CCO)C(=O)c1cc(Cl)ncc1Cl. The molecule has 1 N–H and O–H groups in total. The second-order valence-corrected chi connectivity index (χ2v) is 4.04. The summed E-state index contributed by atoms with van der Waals surface area (Å²) < 4.78 is 0. The Hall–Kier alpha value is -1.10. The number of nitrogens with zero attached hydrogens (tertiary/aromatic N) is 2. The fourth-order valence-electron chi connectivity index (χ4n) is 1.30. The first-order valence-electron chi connectivity index (χ1n) is 4.92.